The van der Waals surface area contributed by atoms with E-state index in [0.29, 0.717) is 18.6 Å². The van der Waals surface area contributed by atoms with E-state index in [1.807, 2.05) is 0 Å². The number of nitrogens with one attached hydrogen (secondary N) is 1. The minimum atomic E-state index is -3.83. The molecule has 2 rings (SSSR count). The van der Waals surface area contributed by atoms with Gasteiger partial charge in [-0.1, -0.05) is 0 Å². The van der Waals surface area contributed by atoms with Crippen LogP contribution in [0.1, 0.15) is 19.3 Å². The van der Waals surface area contributed by atoms with Gasteiger partial charge in [-0.05, 0) is 25.3 Å². The molecule has 118 valence electrons. The molecule has 7 nitrogen and oxygen atoms in total. The van der Waals surface area contributed by atoms with Gasteiger partial charge in [-0.25, -0.2) is 13.1 Å². The first-order valence-corrected chi connectivity index (χ1v) is 8.03. The number of ether oxygens (including phenoxy) is 2. The highest BCUT2D eigenvalue weighted by molar-refractivity contribution is 7.89. The Morgan fingerprint density at radius 1 is 1.29 bits per heavy atom. The molecule has 1 aliphatic rings. The van der Waals surface area contributed by atoms with Crippen LogP contribution >= 0.6 is 0 Å². The van der Waals surface area contributed by atoms with Crippen molar-refractivity contribution in [2.75, 3.05) is 26.5 Å². The number of rotatable bonds is 6. The number of benzene rings is 1. The lowest BCUT2D eigenvalue weighted by Crippen LogP contribution is -2.47. The molecule has 8 heteroatoms. The molecular formula is C13H20N2O5S. The molecule has 4 N–H and O–H groups in total. The zero-order valence-corrected chi connectivity index (χ0v) is 12.9. The monoisotopic (exact) mass is 316 g/mol. The molecule has 0 atom stereocenters. The van der Waals surface area contributed by atoms with Gasteiger partial charge in [-0.3, -0.25) is 0 Å². The van der Waals surface area contributed by atoms with Gasteiger partial charge in [0.15, 0.2) is 0 Å². The van der Waals surface area contributed by atoms with E-state index in [-0.39, 0.29) is 22.9 Å². The average molecular weight is 316 g/mol. The lowest BCUT2D eigenvalue weighted by Gasteiger charge is -2.36. The number of nitrogens with two attached hydrogens (primary N) is 1. The Labute approximate surface area is 124 Å². The Hall–Kier alpha value is -1.51. The number of aliphatic hydroxyl groups is 1. The summed E-state index contributed by atoms with van der Waals surface area (Å²) in [5, 5.41) is 9.98. The normalized spacial score (nSPS) is 17.1. The van der Waals surface area contributed by atoms with Crippen molar-refractivity contribution in [1.82, 2.24) is 4.72 Å². The number of hydrogen-bond acceptors (Lipinski definition) is 6. The maximum atomic E-state index is 12.4. The Balaban J connectivity index is 2.28. The summed E-state index contributed by atoms with van der Waals surface area (Å²) in [6, 6.07) is 2.70. The summed E-state index contributed by atoms with van der Waals surface area (Å²) in [7, 11) is -1.03. The van der Waals surface area contributed by atoms with Crippen LogP contribution in [-0.2, 0) is 10.0 Å². The predicted molar refractivity (Wildman–Crippen MR) is 77.9 cm³/mol. The fourth-order valence-corrected chi connectivity index (χ4v) is 3.48. The molecule has 0 aromatic heterocycles. The van der Waals surface area contributed by atoms with Crippen molar-refractivity contribution in [1.29, 1.82) is 0 Å². The molecule has 0 bridgehead atoms. The van der Waals surface area contributed by atoms with Crippen LogP contribution in [0.2, 0.25) is 0 Å². The first kappa shape index (κ1) is 15.9. The highest BCUT2D eigenvalue weighted by Crippen LogP contribution is 2.35. The molecule has 1 saturated carbocycles. The molecule has 0 heterocycles. The highest BCUT2D eigenvalue weighted by atomic mass is 32.2. The Morgan fingerprint density at radius 2 is 1.90 bits per heavy atom. The van der Waals surface area contributed by atoms with Gasteiger partial charge >= 0.3 is 0 Å². The zero-order valence-electron chi connectivity index (χ0n) is 12.0. The van der Waals surface area contributed by atoms with E-state index in [1.165, 1.54) is 26.4 Å². The molecular weight excluding hydrogens is 296 g/mol. The second kappa shape index (κ2) is 5.70. The number of sulfonamides is 1. The van der Waals surface area contributed by atoms with Crippen LogP contribution in [0.3, 0.4) is 0 Å². The Morgan fingerprint density at radius 3 is 2.38 bits per heavy atom. The molecule has 1 aromatic carbocycles. The van der Waals surface area contributed by atoms with Crippen LogP contribution in [-0.4, -0.2) is 39.9 Å². The Kier molecular flexibility index (Phi) is 4.31. The number of methoxy groups -OCH3 is 2. The molecule has 1 fully saturated rings. The summed E-state index contributed by atoms with van der Waals surface area (Å²) in [4.78, 5) is -0.0776. The van der Waals surface area contributed by atoms with Crippen molar-refractivity contribution in [2.24, 2.45) is 0 Å². The average Bonchev–Trinajstić information content (AvgIpc) is 2.43. The predicted octanol–water partition coefficient (Wildman–Crippen LogP) is 0.479. The van der Waals surface area contributed by atoms with Crippen molar-refractivity contribution < 1.29 is 23.0 Å². The smallest absolute Gasteiger partial charge is 0.244 e. The fraction of sp³-hybridized carbons (Fsp3) is 0.538. The van der Waals surface area contributed by atoms with E-state index >= 15 is 0 Å². The van der Waals surface area contributed by atoms with Crippen molar-refractivity contribution in [3.63, 3.8) is 0 Å². The van der Waals surface area contributed by atoms with E-state index in [0.717, 1.165) is 6.42 Å². The van der Waals surface area contributed by atoms with Crippen LogP contribution in [0.4, 0.5) is 5.69 Å². The van der Waals surface area contributed by atoms with E-state index in [1.54, 1.807) is 0 Å². The van der Waals surface area contributed by atoms with Gasteiger partial charge in [0.1, 0.15) is 16.4 Å². The number of nitrogen functional groups attached to an aromatic ring is 1. The molecule has 0 saturated heterocycles. The number of hydrogen-bond donors (Lipinski definition) is 3. The summed E-state index contributed by atoms with van der Waals surface area (Å²) < 4.78 is 37.2. The lowest BCUT2D eigenvalue weighted by atomic mass is 9.81. The SMILES string of the molecule is COc1cc(OC)c(S(=O)(=O)NCC2(O)CCC2)cc1N. The summed E-state index contributed by atoms with van der Waals surface area (Å²) in [6.45, 7) is -0.0234. The quantitative estimate of drug-likeness (QED) is 0.658. The third kappa shape index (κ3) is 3.22. The summed E-state index contributed by atoms with van der Waals surface area (Å²) in [5.41, 5.74) is 5.00. The van der Waals surface area contributed by atoms with Gasteiger partial charge < -0.3 is 20.3 Å². The van der Waals surface area contributed by atoms with Crippen LogP contribution in [0.25, 0.3) is 0 Å². The second-order valence-electron chi connectivity index (χ2n) is 5.15. The standard InChI is InChI=1S/C13H20N2O5S/c1-19-10-7-11(20-2)12(6-9(10)14)21(17,18)15-8-13(16)4-3-5-13/h6-7,15-16H,3-5,8,14H2,1-2H3. The molecule has 0 spiro atoms. The van der Waals surface area contributed by atoms with Crippen LogP contribution in [0.5, 0.6) is 11.5 Å². The van der Waals surface area contributed by atoms with Crippen molar-refractivity contribution in [3.05, 3.63) is 12.1 Å². The molecule has 0 radical (unpaired) electrons. The topological polar surface area (TPSA) is 111 Å². The molecule has 1 aliphatic carbocycles. The van der Waals surface area contributed by atoms with Gasteiger partial charge in [0.2, 0.25) is 10.0 Å². The molecule has 1 aromatic rings. The van der Waals surface area contributed by atoms with E-state index in [9.17, 15) is 13.5 Å². The number of anilines is 1. The first-order valence-electron chi connectivity index (χ1n) is 6.55. The minimum Gasteiger partial charge on any atom is -0.495 e. The third-order valence-electron chi connectivity index (χ3n) is 3.68. The minimum absolute atomic E-state index is 0.0234. The molecule has 21 heavy (non-hydrogen) atoms. The van der Waals surface area contributed by atoms with Gasteiger partial charge in [-0.15, -0.1) is 0 Å². The van der Waals surface area contributed by atoms with Crippen LogP contribution < -0.4 is 19.9 Å². The van der Waals surface area contributed by atoms with Gasteiger partial charge in [-0.2, -0.15) is 0 Å². The van der Waals surface area contributed by atoms with Crippen molar-refractivity contribution >= 4 is 15.7 Å². The van der Waals surface area contributed by atoms with Gasteiger partial charge in [0.05, 0.1) is 25.5 Å². The van der Waals surface area contributed by atoms with E-state index in [2.05, 4.69) is 4.72 Å². The van der Waals surface area contributed by atoms with E-state index < -0.39 is 15.6 Å². The zero-order chi connectivity index (χ0) is 15.7. The molecule has 0 amide bonds. The molecule has 0 aliphatic heterocycles. The third-order valence-corrected chi connectivity index (χ3v) is 5.10. The molecule has 0 unspecified atom stereocenters. The lowest BCUT2D eigenvalue weighted by molar-refractivity contribution is -0.0271. The second-order valence-corrected chi connectivity index (χ2v) is 6.88. The first-order chi connectivity index (χ1) is 9.81. The largest absolute Gasteiger partial charge is 0.495 e. The summed E-state index contributed by atoms with van der Waals surface area (Å²) >= 11 is 0. The van der Waals surface area contributed by atoms with Crippen molar-refractivity contribution in [3.8, 4) is 11.5 Å². The highest BCUT2D eigenvalue weighted by Gasteiger charge is 2.36. The van der Waals surface area contributed by atoms with Crippen LogP contribution in [0.15, 0.2) is 17.0 Å². The van der Waals surface area contributed by atoms with Gasteiger partial charge in [0.25, 0.3) is 0 Å². The van der Waals surface area contributed by atoms with E-state index in [4.69, 9.17) is 15.2 Å². The Bertz CT molecular complexity index is 626. The van der Waals surface area contributed by atoms with Gasteiger partial charge in [0, 0.05) is 12.6 Å². The maximum absolute atomic E-state index is 12.4. The van der Waals surface area contributed by atoms with Crippen molar-refractivity contribution in [2.45, 2.75) is 29.8 Å². The summed E-state index contributed by atoms with van der Waals surface area (Å²) in [6.07, 6.45) is 2.09. The maximum Gasteiger partial charge on any atom is 0.244 e. The fourth-order valence-electron chi connectivity index (χ4n) is 2.17. The van der Waals surface area contributed by atoms with Crippen LogP contribution in [0, 0.1) is 0 Å². The summed E-state index contributed by atoms with van der Waals surface area (Å²) in [5.74, 6) is 0.470.